The maximum atomic E-state index is 13.0. The number of nitrogens with zero attached hydrogens (tertiary/aromatic N) is 2. The third kappa shape index (κ3) is 2.69. The Hall–Kier alpha value is -1.45. The van der Waals surface area contributed by atoms with Crippen LogP contribution in [0.5, 0.6) is 0 Å². The molecule has 0 saturated heterocycles. The van der Waals surface area contributed by atoms with Crippen LogP contribution >= 0.6 is 0 Å². The molecule has 0 aromatic carbocycles. The highest BCUT2D eigenvalue weighted by Crippen LogP contribution is 2.31. The van der Waals surface area contributed by atoms with Crippen molar-refractivity contribution in [3.63, 3.8) is 0 Å². The van der Waals surface area contributed by atoms with Gasteiger partial charge in [0.05, 0.1) is 6.54 Å². The molecular weight excluding hydrogens is 252 g/mol. The van der Waals surface area contributed by atoms with Gasteiger partial charge in [0, 0.05) is 17.6 Å². The zero-order chi connectivity index (χ0) is 15.1. The Morgan fingerprint density at radius 2 is 1.65 bits per heavy atom. The molecule has 1 amide bonds. The van der Waals surface area contributed by atoms with Gasteiger partial charge in [-0.3, -0.25) is 4.79 Å². The van der Waals surface area contributed by atoms with Crippen molar-refractivity contribution in [3.05, 3.63) is 23.6 Å². The number of carbonyl (C=O) groups excluding carboxylic acids is 1. The average molecular weight is 278 g/mol. The van der Waals surface area contributed by atoms with Crippen LogP contribution in [0.4, 0.5) is 0 Å². The van der Waals surface area contributed by atoms with E-state index in [1.54, 1.807) is 0 Å². The Labute approximate surface area is 122 Å². The zero-order valence-electron chi connectivity index (χ0n) is 13.5. The lowest BCUT2D eigenvalue weighted by Crippen LogP contribution is -2.53. The van der Waals surface area contributed by atoms with E-state index in [0.717, 1.165) is 6.54 Å². The summed E-state index contributed by atoms with van der Waals surface area (Å²) in [6, 6.07) is 0. The first-order valence-electron chi connectivity index (χ1n) is 7.25. The average Bonchev–Trinajstić information content (AvgIpc) is 2.47. The van der Waals surface area contributed by atoms with E-state index in [1.807, 2.05) is 17.1 Å². The van der Waals surface area contributed by atoms with Crippen molar-refractivity contribution >= 4 is 5.91 Å². The van der Waals surface area contributed by atoms with Crippen LogP contribution in [0.3, 0.4) is 0 Å². The lowest BCUT2D eigenvalue weighted by molar-refractivity contribution is -0.134. The highest BCUT2D eigenvalue weighted by Gasteiger charge is 2.39. The van der Waals surface area contributed by atoms with Crippen molar-refractivity contribution in [2.45, 2.75) is 52.6 Å². The van der Waals surface area contributed by atoms with Gasteiger partial charge in [-0.15, -0.1) is 0 Å². The summed E-state index contributed by atoms with van der Waals surface area (Å²) in [7, 11) is 0. The quantitative estimate of drug-likeness (QED) is 0.682. The lowest BCUT2D eigenvalue weighted by Gasteiger charge is -2.44. The number of rotatable bonds is 0. The van der Waals surface area contributed by atoms with Gasteiger partial charge in [-0.25, -0.2) is 0 Å². The number of carbonyl (C=O) groups is 1. The van der Waals surface area contributed by atoms with Crippen LogP contribution in [0.2, 0.25) is 0 Å². The minimum atomic E-state index is -0.203. The van der Waals surface area contributed by atoms with Crippen LogP contribution in [0, 0.1) is 0 Å². The fourth-order valence-electron chi connectivity index (χ4n) is 2.63. The van der Waals surface area contributed by atoms with E-state index in [1.165, 1.54) is 0 Å². The smallest absolute Gasteiger partial charge is 0.274 e. The highest BCUT2D eigenvalue weighted by atomic mass is 16.5. The van der Waals surface area contributed by atoms with Gasteiger partial charge in [0.2, 0.25) is 0 Å². The van der Waals surface area contributed by atoms with E-state index >= 15 is 0 Å². The Morgan fingerprint density at radius 3 is 2.20 bits per heavy atom. The van der Waals surface area contributed by atoms with Gasteiger partial charge in [0.1, 0.15) is 18.1 Å². The molecule has 0 unspecified atom stereocenters. The van der Waals surface area contributed by atoms with Crippen LogP contribution in [-0.4, -0.2) is 46.5 Å². The lowest BCUT2D eigenvalue weighted by atomic mass is 10.0. The summed E-state index contributed by atoms with van der Waals surface area (Å²) in [5, 5.41) is 0. The Bertz CT molecular complexity index is 464. The monoisotopic (exact) mass is 278 g/mol. The summed E-state index contributed by atoms with van der Waals surface area (Å²) in [5.41, 5.74) is 0.402. The minimum absolute atomic E-state index is 0.0622. The number of hydrogen-bond acceptors (Lipinski definition) is 3. The first-order chi connectivity index (χ1) is 9.12. The fourth-order valence-corrected chi connectivity index (χ4v) is 2.63. The second kappa shape index (κ2) is 4.83. The van der Waals surface area contributed by atoms with Gasteiger partial charge >= 0.3 is 0 Å². The predicted octanol–water partition coefficient (Wildman–Crippen LogP) is 2.53. The number of allylic oxidation sites excluding steroid dienone is 1. The molecule has 2 heterocycles. The molecule has 112 valence electrons. The molecule has 2 aliphatic heterocycles. The molecule has 0 fully saturated rings. The molecule has 0 radical (unpaired) electrons. The summed E-state index contributed by atoms with van der Waals surface area (Å²) in [6.07, 6.45) is 3.95. The third-order valence-electron chi connectivity index (χ3n) is 3.70. The van der Waals surface area contributed by atoms with Crippen molar-refractivity contribution in [1.82, 2.24) is 9.80 Å². The standard InChI is InChI=1S/C16H26N2O2/c1-15(2,3)17-10-11-20-12-8-7-9-18(16(4,5)6)14(19)13(12)17/h7-8H,9-11H2,1-6H3. The first-order valence-corrected chi connectivity index (χ1v) is 7.25. The van der Waals surface area contributed by atoms with Crippen molar-refractivity contribution in [3.8, 4) is 0 Å². The van der Waals surface area contributed by atoms with E-state index in [9.17, 15) is 4.79 Å². The van der Waals surface area contributed by atoms with Crippen molar-refractivity contribution < 1.29 is 9.53 Å². The van der Waals surface area contributed by atoms with Gasteiger partial charge < -0.3 is 14.5 Å². The molecule has 0 aromatic heterocycles. The second-order valence-electron chi connectivity index (χ2n) is 7.37. The SMILES string of the molecule is CC(C)(C)N1CC=CC2=C(C1=O)N(C(C)(C)C)CCO2. The Morgan fingerprint density at radius 1 is 1.05 bits per heavy atom. The van der Waals surface area contributed by atoms with Gasteiger partial charge in [-0.1, -0.05) is 6.08 Å². The molecule has 0 aromatic rings. The molecule has 0 aliphatic carbocycles. The maximum Gasteiger partial charge on any atom is 0.274 e. The summed E-state index contributed by atoms with van der Waals surface area (Å²) in [6.45, 7) is 14.6. The van der Waals surface area contributed by atoms with Gasteiger partial charge in [-0.05, 0) is 47.6 Å². The fraction of sp³-hybridized carbons (Fsp3) is 0.688. The third-order valence-corrected chi connectivity index (χ3v) is 3.70. The van der Waals surface area contributed by atoms with Crippen LogP contribution in [0.15, 0.2) is 23.6 Å². The molecule has 0 bridgehead atoms. The molecule has 4 heteroatoms. The largest absolute Gasteiger partial charge is 0.489 e. The minimum Gasteiger partial charge on any atom is -0.489 e. The van der Waals surface area contributed by atoms with Crippen molar-refractivity contribution in [2.24, 2.45) is 0 Å². The van der Waals surface area contributed by atoms with Crippen LogP contribution in [0.25, 0.3) is 0 Å². The van der Waals surface area contributed by atoms with E-state index in [2.05, 4.69) is 46.4 Å². The second-order valence-corrected chi connectivity index (χ2v) is 7.37. The summed E-state index contributed by atoms with van der Waals surface area (Å²) >= 11 is 0. The van der Waals surface area contributed by atoms with Gasteiger partial charge in [-0.2, -0.15) is 0 Å². The Balaban J connectivity index is 2.47. The van der Waals surface area contributed by atoms with Crippen LogP contribution < -0.4 is 0 Å². The van der Waals surface area contributed by atoms with E-state index in [4.69, 9.17) is 4.74 Å². The normalized spacial score (nSPS) is 20.8. The summed E-state index contributed by atoms with van der Waals surface area (Å²) < 4.78 is 5.72. The molecule has 0 N–H and O–H groups in total. The van der Waals surface area contributed by atoms with Gasteiger partial charge in [0.25, 0.3) is 5.91 Å². The van der Waals surface area contributed by atoms with Crippen molar-refractivity contribution in [1.29, 1.82) is 0 Å². The molecule has 0 atom stereocenters. The predicted molar refractivity (Wildman–Crippen MR) is 80.0 cm³/mol. The highest BCUT2D eigenvalue weighted by molar-refractivity contribution is 5.95. The summed E-state index contributed by atoms with van der Waals surface area (Å²) in [5.74, 6) is 0.773. The van der Waals surface area contributed by atoms with Crippen LogP contribution in [0.1, 0.15) is 41.5 Å². The molecule has 4 nitrogen and oxygen atoms in total. The maximum absolute atomic E-state index is 13.0. The molecule has 2 rings (SSSR count). The number of ether oxygens (including phenoxy) is 1. The van der Waals surface area contributed by atoms with Crippen molar-refractivity contribution in [2.75, 3.05) is 19.7 Å². The molecule has 20 heavy (non-hydrogen) atoms. The topological polar surface area (TPSA) is 32.8 Å². The van der Waals surface area contributed by atoms with E-state index in [0.29, 0.717) is 24.6 Å². The molecular formula is C16H26N2O2. The van der Waals surface area contributed by atoms with Gasteiger partial charge in [0.15, 0.2) is 0 Å². The molecule has 0 saturated carbocycles. The number of amides is 1. The summed E-state index contributed by atoms with van der Waals surface area (Å²) in [4.78, 5) is 17.1. The first kappa shape index (κ1) is 14.9. The van der Waals surface area contributed by atoms with Crippen LogP contribution in [-0.2, 0) is 9.53 Å². The molecule has 0 spiro atoms. The molecule has 2 aliphatic rings. The Kier molecular flexibility index (Phi) is 3.61. The zero-order valence-corrected chi connectivity index (χ0v) is 13.5. The van der Waals surface area contributed by atoms with E-state index < -0.39 is 0 Å². The number of hydrogen-bond donors (Lipinski definition) is 0. The van der Waals surface area contributed by atoms with E-state index in [-0.39, 0.29) is 17.0 Å².